The van der Waals surface area contributed by atoms with Crippen LogP contribution in [-0.2, 0) is 4.79 Å². The van der Waals surface area contributed by atoms with E-state index in [4.69, 9.17) is 5.73 Å². The molecule has 6 heteroatoms. The molecule has 0 radical (unpaired) electrons. The van der Waals surface area contributed by atoms with Crippen LogP contribution >= 0.6 is 0 Å². The summed E-state index contributed by atoms with van der Waals surface area (Å²) in [6, 6.07) is 4.22. The monoisotopic (exact) mass is 264 g/mol. The molecule has 1 heterocycles. The molecule has 6 nitrogen and oxygen atoms in total. The number of rotatable bonds is 2. The van der Waals surface area contributed by atoms with Crippen LogP contribution in [0.2, 0.25) is 0 Å². The maximum Gasteiger partial charge on any atom is 0.257 e. The van der Waals surface area contributed by atoms with Gasteiger partial charge in [-0.05, 0) is 25.0 Å². The number of hydrogen-bond acceptors (Lipinski definition) is 4. The van der Waals surface area contributed by atoms with Gasteiger partial charge in [-0.2, -0.15) is 0 Å². The highest BCUT2D eigenvalue weighted by atomic mass is 16.3. The topological polar surface area (TPSA) is 104 Å². The largest absolute Gasteiger partial charge is 0.504 e. The van der Waals surface area contributed by atoms with E-state index < -0.39 is 17.6 Å². The van der Waals surface area contributed by atoms with Crippen molar-refractivity contribution in [3.63, 3.8) is 0 Å². The summed E-state index contributed by atoms with van der Waals surface area (Å²) in [5.74, 6) is -1.95. The van der Waals surface area contributed by atoms with E-state index in [1.54, 1.807) is 0 Å². The van der Waals surface area contributed by atoms with Gasteiger partial charge >= 0.3 is 0 Å². The van der Waals surface area contributed by atoms with Gasteiger partial charge in [-0.15, -0.1) is 0 Å². The third-order valence-corrected chi connectivity index (χ3v) is 3.36. The van der Waals surface area contributed by atoms with Crippen molar-refractivity contribution < 1.29 is 19.8 Å². The molecule has 1 aliphatic rings. The summed E-state index contributed by atoms with van der Waals surface area (Å²) in [6.07, 6.45) is 1.37. The number of likely N-dealkylation sites (tertiary alicyclic amines) is 1. The highest BCUT2D eigenvalue weighted by molar-refractivity contribution is 5.98. The molecule has 0 saturated carbocycles. The summed E-state index contributed by atoms with van der Waals surface area (Å²) in [7, 11) is 0. The van der Waals surface area contributed by atoms with E-state index in [1.165, 1.54) is 23.1 Å². The molecule has 2 amide bonds. The molecule has 0 spiro atoms. The van der Waals surface area contributed by atoms with Gasteiger partial charge in [-0.3, -0.25) is 9.59 Å². The minimum absolute atomic E-state index is 0.0325. The Bertz CT molecular complexity index is 515. The molecule has 1 atom stereocenters. The van der Waals surface area contributed by atoms with E-state index in [2.05, 4.69) is 0 Å². The van der Waals surface area contributed by atoms with Crippen LogP contribution in [0.4, 0.5) is 0 Å². The number of carbonyl (C=O) groups is 2. The average Bonchev–Trinajstić information content (AvgIpc) is 2.41. The molecule has 1 aromatic carbocycles. The Morgan fingerprint density at radius 1 is 1.32 bits per heavy atom. The van der Waals surface area contributed by atoms with Gasteiger partial charge < -0.3 is 20.8 Å². The van der Waals surface area contributed by atoms with Gasteiger partial charge in [0.15, 0.2) is 11.5 Å². The van der Waals surface area contributed by atoms with Gasteiger partial charge in [0, 0.05) is 13.1 Å². The standard InChI is InChI=1S/C13H16N2O4/c14-12(18)8-3-2-6-15(7-8)13(19)9-4-1-5-10(16)11(9)17/h1,4-5,8,16-17H,2-3,6-7H2,(H2,14,18). The van der Waals surface area contributed by atoms with Crippen molar-refractivity contribution >= 4 is 11.8 Å². The first-order chi connectivity index (χ1) is 9.00. The third-order valence-electron chi connectivity index (χ3n) is 3.36. The number of amides is 2. The number of piperidine rings is 1. The first-order valence-electron chi connectivity index (χ1n) is 6.10. The van der Waals surface area contributed by atoms with Crippen molar-refractivity contribution in [1.29, 1.82) is 0 Å². The lowest BCUT2D eigenvalue weighted by atomic mass is 9.97. The number of phenols is 2. The number of hydrogen-bond donors (Lipinski definition) is 3. The zero-order valence-electron chi connectivity index (χ0n) is 10.4. The zero-order chi connectivity index (χ0) is 14.0. The Morgan fingerprint density at radius 3 is 2.74 bits per heavy atom. The molecule has 1 aromatic rings. The van der Waals surface area contributed by atoms with E-state index >= 15 is 0 Å². The molecule has 1 aliphatic heterocycles. The maximum absolute atomic E-state index is 12.2. The second kappa shape index (κ2) is 5.17. The Morgan fingerprint density at radius 2 is 2.05 bits per heavy atom. The average molecular weight is 264 g/mol. The number of nitrogens with two attached hydrogens (primary N) is 1. The number of phenolic OH excluding ortho intramolecular Hbond substituents is 2. The van der Waals surface area contributed by atoms with Gasteiger partial charge in [0.05, 0.1) is 11.5 Å². The van der Waals surface area contributed by atoms with Crippen molar-refractivity contribution in [1.82, 2.24) is 4.90 Å². The quantitative estimate of drug-likeness (QED) is 0.674. The van der Waals surface area contributed by atoms with Crippen molar-refractivity contribution in [3.05, 3.63) is 23.8 Å². The first-order valence-corrected chi connectivity index (χ1v) is 6.10. The molecule has 1 saturated heterocycles. The van der Waals surface area contributed by atoms with Crippen molar-refractivity contribution in [2.24, 2.45) is 11.7 Å². The number of benzene rings is 1. The predicted molar refractivity (Wildman–Crippen MR) is 67.6 cm³/mol. The molecule has 0 bridgehead atoms. The zero-order valence-corrected chi connectivity index (χ0v) is 10.4. The summed E-state index contributed by atoms with van der Waals surface area (Å²) in [5.41, 5.74) is 5.29. The normalized spacial score (nSPS) is 19.2. The second-order valence-corrected chi connectivity index (χ2v) is 4.67. The fourth-order valence-electron chi connectivity index (χ4n) is 2.27. The fraction of sp³-hybridized carbons (Fsp3) is 0.385. The SMILES string of the molecule is NC(=O)C1CCCN(C(=O)c2cccc(O)c2O)C1. The molecular weight excluding hydrogens is 248 g/mol. The lowest BCUT2D eigenvalue weighted by Crippen LogP contribution is -2.44. The highest BCUT2D eigenvalue weighted by Gasteiger charge is 2.29. The molecule has 4 N–H and O–H groups in total. The van der Waals surface area contributed by atoms with Gasteiger partial charge in [0.2, 0.25) is 5.91 Å². The van der Waals surface area contributed by atoms with Crippen molar-refractivity contribution in [3.8, 4) is 11.5 Å². The van der Waals surface area contributed by atoms with Crippen LogP contribution < -0.4 is 5.73 Å². The number of nitrogens with zero attached hydrogens (tertiary/aromatic N) is 1. The number of primary amides is 1. The van der Waals surface area contributed by atoms with Gasteiger partial charge in [-0.25, -0.2) is 0 Å². The smallest absolute Gasteiger partial charge is 0.257 e. The maximum atomic E-state index is 12.2. The molecular formula is C13H16N2O4. The third kappa shape index (κ3) is 2.62. The van der Waals surface area contributed by atoms with Crippen LogP contribution in [0.25, 0.3) is 0 Å². The molecule has 0 aromatic heterocycles. The van der Waals surface area contributed by atoms with Crippen LogP contribution in [0.3, 0.4) is 0 Å². The summed E-state index contributed by atoms with van der Waals surface area (Å²) < 4.78 is 0. The van der Waals surface area contributed by atoms with Gasteiger partial charge in [0.25, 0.3) is 5.91 Å². The lowest BCUT2D eigenvalue weighted by Gasteiger charge is -2.31. The minimum Gasteiger partial charge on any atom is -0.504 e. The Hall–Kier alpha value is -2.24. The molecule has 1 unspecified atom stereocenters. The number of aromatic hydroxyl groups is 2. The molecule has 19 heavy (non-hydrogen) atoms. The van der Waals surface area contributed by atoms with Crippen molar-refractivity contribution in [2.45, 2.75) is 12.8 Å². The Balaban J connectivity index is 2.19. The van der Waals surface area contributed by atoms with Gasteiger partial charge in [-0.1, -0.05) is 6.07 Å². The second-order valence-electron chi connectivity index (χ2n) is 4.67. The Kier molecular flexibility index (Phi) is 3.59. The Labute approximate surface area is 110 Å². The predicted octanol–water partition coefficient (Wildman–Crippen LogP) is 0.435. The van der Waals surface area contributed by atoms with Gasteiger partial charge in [0.1, 0.15) is 0 Å². The van der Waals surface area contributed by atoms with E-state index in [-0.39, 0.29) is 23.8 Å². The lowest BCUT2D eigenvalue weighted by molar-refractivity contribution is -0.123. The summed E-state index contributed by atoms with van der Waals surface area (Å²) in [5, 5.41) is 19.1. The van der Waals surface area contributed by atoms with Crippen LogP contribution in [0.5, 0.6) is 11.5 Å². The molecule has 102 valence electrons. The van der Waals surface area contributed by atoms with E-state index in [1.807, 2.05) is 0 Å². The van der Waals surface area contributed by atoms with E-state index in [0.717, 1.165) is 0 Å². The first kappa shape index (κ1) is 13.2. The van der Waals surface area contributed by atoms with Crippen LogP contribution in [-0.4, -0.2) is 40.0 Å². The summed E-state index contributed by atoms with van der Waals surface area (Å²) >= 11 is 0. The number of para-hydroxylation sites is 1. The van der Waals surface area contributed by atoms with Crippen LogP contribution in [0.15, 0.2) is 18.2 Å². The van der Waals surface area contributed by atoms with Crippen LogP contribution in [0.1, 0.15) is 23.2 Å². The van der Waals surface area contributed by atoms with E-state index in [9.17, 15) is 19.8 Å². The highest BCUT2D eigenvalue weighted by Crippen LogP contribution is 2.30. The van der Waals surface area contributed by atoms with Crippen molar-refractivity contribution in [2.75, 3.05) is 13.1 Å². The van der Waals surface area contributed by atoms with Crippen LogP contribution in [0, 0.1) is 5.92 Å². The fourth-order valence-corrected chi connectivity index (χ4v) is 2.27. The molecule has 1 fully saturated rings. The minimum atomic E-state index is -0.436. The summed E-state index contributed by atoms with van der Waals surface area (Å²) in [4.78, 5) is 24.9. The van der Waals surface area contributed by atoms with E-state index in [0.29, 0.717) is 19.4 Å². The molecule has 0 aliphatic carbocycles. The molecule has 2 rings (SSSR count). The summed E-state index contributed by atoms with van der Waals surface area (Å²) in [6.45, 7) is 0.765. The number of carbonyl (C=O) groups excluding carboxylic acids is 2.